The Hall–Kier alpha value is -1.00. The molecule has 1 fully saturated rings. The topological polar surface area (TPSA) is 23.5 Å². The van der Waals surface area contributed by atoms with Gasteiger partial charge in [-0.2, -0.15) is 0 Å². The van der Waals surface area contributed by atoms with Crippen molar-refractivity contribution in [3.8, 4) is 0 Å². The molecule has 21 heavy (non-hydrogen) atoms. The average molecular weight is 297 g/mol. The molecule has 0 saturated carbocycles. The van der Waals surface area contributed by atoms with Gasteiger partial charge in [0.05, 0.1) is 6.10 Å². The highest BCUT2D eigenvalue weighted by Gasteiger charge is 2.22. The van der Waals surface area contributed by atoms with Gasteiger partial charge in [-0.15, -0.1) is 0 Å². The van der Waals surface area contributed by atoms with E-state index < -0.39 is 17.7 Å². The van der Waals surface area contributed by atoms with E-state index in [1.807, 2.05) is 0 Å². The maximum absolute atomic E-state index is 13.2. The summed E-state index contributed by atoms with van der Waals surface area (Å²) in [4.78, 5) is 2.42. The van der Waals surface area contributed by atoms with Crippen molar-refractivity contribution in [2.75, 3.05) is 13.1 Å². The molecule has 1 N–H and O–H groups in total. The van der Waals surface area contributed by atoms with Crippen molar-refractivity contribution >= 4 is 0 Å². The highest BCUT2D eigenvalue weighted by Crippen LogP contribution is 2.24. The van der Waals surface area contributed by atoms with Crippen LogP contribution in [-0.4, -0.2) is 29.1 Å². The summed E-state index contributed by atoms with van der Waals surface area (Å²) in [5.74, 6) is -1.27. The van der Waals surface area contributed by atoms with Crippen LogP contribution in [-0.2, 0) is 0 Å². The maximum atomic E-state index is 13.2. The minimum Gasteiger partial charge on any atom is -0.388 e. The number of aliphatic hydroxyl groups is 1. The van der Waals surface area contributed by atoms with Crippen LogP contribution in [0.5, 0.6) is 0 Å². The van der Waals surface area contributed by atoms with Crippen LogP contribution >= 0.6 is 0 Å². The van der Waals surface area contributed by atoms with Crippen LogP contribution in [0.4, 0.5) is 8.78 Å². The Morgan fingerprint density at radius 2 is 1.95 bits per heavy atom. The van der Waals surface area contributed by atoms with Gasteiger partial charge in [-0.25, -0.2) is 8.78 Å². The standard InChI is InChI=1S/C17H25F2NO/c1-2-5-16-6-3-4-8-20(16)9-7-17(21)13-10-14(18)12-15(19)11-13/h10-12,16-17,21H,2-9H2,1H3. The summed E-state index contributed by atoms with van der Waals surface area (Å²) < 4.78 is 26.4. The Morgan fingerprint density at radius 1 is 1.24 bits per heavy atom. The molecule has 4 heteroatoms. The first-order chi connectivity index (χ1) is 10.1. The molecule has 1 aliphatic rings. The number of piperidine rings is 1. The smallest absolute Gasteiger partial charge is 0.126 e. The van der Waals surface area contributed by atoms with E-state index in [1.165, 1.54) is 44.2 Å². The van der Waals surface area contributed by atoms with E-state index in [0.717, 1.165) is 19.2 Å². The molecular formula is C17H25F2NO. The third kappa shape index (κ3) is 4.75. The molecule has 2 rings (SSSR count). The number of nitrogens with zero attached hydrogens (tertiary/aromatic N) is 1. The van der Waals surface area contributed by atoms with Gasteiger partial charge < -0.3 is 10.0 Å². The lowest BCUT2D eigenvalue weighted by atomic mass is 9.97. The molecule has 118 valence electrons. The zero-order chi connectivity index (χ0) is 15.2. The molecule has 1 aromatic rings. The number of benzene rings is 1. The van der Waals surface area contributed by atoms with Gasteiger partial charge in [-0.05, 0) is 49.9 Å². The van der Waals surface area contributed by atoms with Crippen molar-refractivity contribution in [2.45, 2.75) is 57.6 Å². The summed E-state index contributed by atoms with van der Waals surface area (Å²) in [5.41, 5.74) is 0.330. The van der Waals surface area contributed by atoms with Crippen molar-refractivity contribution in [3.05, 3.63) is 35.4 Å². The number of rotatable bonds is 6. The van der Waals surface area contributed by atoms with Crippen LogP contribution in [0.15, 0.2) is 18.2 Å². The lowest BCUT2D eigenvalue weighted by Gasteiger charge is -2.36. The lowest BCUT2D eigenvalue weighted by molar-refractivity contribution is 0.0985. The Bertz CT molecular complexity index is 430. The van der Waals surface area contributed by atoms with Crippen LogP contribution in [0.3, 0.4) is 0 Å². The van der Waals surface area contributed by atoms with Crippen molar-refractivity contribution in [1.82, 2.24) is 4.90 Å². The first-order valence-corrected chi connectivity index (χ1v) is 7.98. The summed E-state index contributed by atoms with van der Waals surface area (Å²) in [6.45, 7) is 4.04. The second-order valence-corrected chi connectivity index (χ2v) is 5.98. The van der Waals surface area contributed by atoms with Crippen molar-refractivity contribution in [3.63, 3.8) is 0 Å². The van der Waals surface area contributed by atoms with Gasteiger partial charge in [0.2, 0.25) is 0 Å². The largest absolute Gasteiger partial charge is 0.388 e. The molecule has 1 aromatic carbocycles. The Morgan fingerprint density at radius 3 is 2.62 bits per heavy atom. The molecule has 0 amide bonds. The van der Waals surface area contributed by atoms with Crippen molar-refractivity contribution in [2.24, 2.45) is 0 Å². The molecule has 0 aromatic heterocycles. The van der Waals surface area contributed by atoms with E-state index in [1.54, 1.807) is 0 Å². The molecule has 0 spiro atoms. The average Bonchev–Trinajstić information content (AvgIpc) is 2.45. The van der Waals surface area contributed by atoms with Gasteiger partial charge in [0, 0.05) is 18.7 Å². The summed E-state index contributed by atoms with van der Waals surface area (Å²) in [5, 5.41) is 10.2. The van der Waals surface area contributed by atoms with Gasteiger partial charge in [-0.3, -0.25) is 0 Å². The van der Waals surface area contributed by atoms with E-state index in [4.69, 9.17) is 0 Å². The Labute approximate surface area is 125 Å². The van der Waals surface area contributed by atoms with Crippen molar-refractivity contribution < 1.29 is 13.9 Å². The third-order valence-electron chi connectivity index (χ3n) is 4.33. The molecule has 0 bridgehead atoms. The summed E-state index contributed by atoms with van der Waals surface area (Å²) >= 11 is 0. The number of aliphatic hydroxyl groups excluding tert-OH is 1. The first kappa shape index (κ1) is 16.4. The second kappa shape index (κ2) is 7.85. The number of hydrogen-bond acceptors (Lipinski definition) is 2. The summed E-state index contributed by atoms with van der Waals surface area (Å²) in [7, 11) is 0. The zero-order valence-corrected chi connectivity index (χ0v) is 12.7. The van der Waals surface area contributed by atoms with Crippen LogP contribution in [0.25, 0.3) is 0 Å². The number of halogens is 2. The van der Waals surface area contributed by atoms with Gasteiger partial charge in [0.15, 0.2) is 0 Å². The lowest BCUT2D eigenvalue weighted by Crippen LogP contribution is -2.40. The van der Waals surface area contributed by atoms with Gasteiger partial charge in [0.1, 0.15) is 11.6 Å². The predicted molar refractivity (Wildman–Crippen MR) is 80.1 cm³/mol. The molecule has 2 unspecified atom stereocenters. The summed E-state index contributed by atoms with van der Waals surface area (Å²) in [6.07, 6.45) is 5.76. The van der Waals surface area contributed by atoms with Gasteiger partial charge in [0.25, 0.3) is 0 Å². The van der Waals surface area contributed by atoms with E-state index in [9.17, 15) is 13.9 Å². The van der Waals surface area contributed by atoms with E-state index in [0.29, 0.717) is 18.0 Å². The van der Waals surface area contributed by atoms with E-state index in [2.05, 4.69) is 11.8 Å². The fraction of sp³-hybridized carbons (Fsp3) is 0.647. The fourth-order valence-corrected chi connectivity index (χ4v) is 3.24. The second-order valence-electron chi connectivity index (χ2n) is 5.98. The monoisotopic (exact) mass is 297 g/mol. The highest BCUT2D eigenvalue weighted by atomic mass is 19.1. The minimum absolute atomic E-state index is 0.330. The maximum Gasteiger partial charge on any atom is 0.126 e. The van der Waals surface area contributed by atoms with E-state index >= 15 is 0 Å². The van der Waals surface area contributed by atoms with Crippen LogP contribution in [0, 0.1) is 11.6 Å². The number of hydrogen-bond donors (Lipinski definition) is 1. The number of likely N-dealkylation sites (tertiary alicyclic amines) is 1. The minimum atomic E-state index is -0.806. The van der Waals surface area contributed by atoms with Crippen molar-refractivity contribution in [1.29, 1.82) is 0 Å². The molecule has 2 atom stereocenters. The van der Waals surface area contributed by atoms with Gasteiger partial charge >= 0.3 is 0 Å². The van der Waals surface area contributed by atoms with Gasteiger partial charge in [-0.1, -0.05) is 19.8 Å². The predicted octanol–water partition coefficient (Wildman–Crippen LogP) is 4.04. The molecule has 1 heterocycles. The zero-order valence-electron chi connectivity index (χ0n) is 12.7. The molecule has 1 aliphatic heterocycles. The third-order valence-corrected chi connectivity index (χ3v) is 4.33. The molecule has 0 radical (unpaired) electrons. The van der Waals surface area contributed by atoms with Crippen LogP contribution in [0.1, 0.15) is 57.1 Å². The summed E-state index contributed by atoms with van der Waals surface area (Å²) in [6, 6.07) is 3.86. The highest BCUT2D eigenvalue weighted by molar-refractivity contribution is 5.20. The molecular weight excluding hydrogens is 272 g/mol. The molecule has 0 aliphatic carbocycles. The Kier molecular flexibility index (Phi) is 6.12. The van der Waals surface area contributed by atoms with E-state index in [-0.39, 0.29) is 0 Å². The SMILES string of the molecule is CCCC1CCCCN1CCC(O)c1cc(F)cc(F)c1. The first-order valence-electron chi connectivity index (χ1n) is 7.98. The fourth-order valence-electron chi connectivity index (χ4n) is 3.24. The van der Waals surface area contributed by atoms with Crippen LogP contribution in [0.2, 0.25) is 0 Å². The normalized spacial score (nSPS) is 21.4. The molecule has 2 nitrogen and oxygen atoms in total. The quantitative estimate of drug-likeness (QED) is 0.856. The van der Waals surface area contributed by atoms with Crippen LogP contribution < -0.4 is 0 Å². The Balaban J connectivity index is 1.91. The molecule has 1 saturated heterocycles.